The first-order chi connectivity index (χ1) is 20.0. The molecular formula is C33H38N2O6. The molecule has 1 atom stereocenters. The maximum absolute atomic E-state index is 13.2. The Morgan fingerprint density at radius 2 is 1.56 bits per heavy atom. The number of hydrogen-bond donors (Lipinski definition) is 2. The van der Waals surface area contributed by atoms with Crippen molar-refractivity contribution in [1.82, 2.24) is 10.6 Å². The topological polar surface area (TPSA) is 103 Å². The number of amides is 2. The van der Waals surface area contributed by atoms with E-state index in [1.165, 1.54) is 6.08 Å². The van der Waals surface area contributed by atoms with Gasteiger partial charge in [-0.05, 0) is 66.8 Å². The summed E-state index contributed by atoms with van der Waals surface area (Å²) in [4.78, 5) is 37.3. The molecule has 0 bridgehead atoms. The van der Waals surface area contributed by atoms with Gasteiger partial charge in [0.05, 0.1) is 20.3 Å². The number of hydrogen-bond acceptors (Lipinski definition) is 6. The van der Waals surface area contributed by atoms with Crippen LogP contribution in [-0.2, 0) is 32.0 Å². The minimum absolute atomic E-state index is 0.236. The third-order valence-corrected chi connectivity index (χ3v) is 6.19. The second-order valence-electron chi connectivity index (χ2n) is 9.30. The van der Waals surface area contributed by atoms with Gasteiger partial charge in [-0.25, -0.2) is 0 Å². The van der Waals surface area contributed by atoms with Crippen LogP contribution in [0, 0.1) is 0 Å². The largest absolute Gasteiger partial charge is 0.497 e. The molecule has 0 fully saturated rings. The van der Waals surface area contributed by atoms with E-state index in [0.29, 0.717) is 51.2 Å². The van der Waals surface area contributed by atoms with Gasteiger partial charge < -0.3 is 24.8 Å². The summed E-state index contributed by atoms with van der Waals surface area (Å²) in [5.74, 6) is 0.579. The summed E-state index contributed by atoms with van der Waals surface area (Å²) in [6.45, 7) is 2.96. The normalized spacial score (nSPS) is 11.5. The van der Waals surface area contributed by atoms with Gasteiger partial charge >= 0.3 is 5.97 Å². The van der Waals surface area contributed by atoms with Crippen molar-refractivity contribution in [2.24, 2.45) is 0 Å². The maximum Gasteiger partial charge on any atom is 0.305 e. The molecular weight excluding hydrogens is 520 g/mol. The van der Waals surface area contributed by atoms with Crippen LogP contribution in [-0.4, -0.2) is 50.7 Å². The third kappa shape index (κ3) is 11.6. The Morgan fingerprint density at radius 1 is 0.878 bits per heavy atom. The zero-order valence-corrected chi connectivity index (χ0v) is 23.6. The van der Waals surface area contributed by atoms with E-state index in [0.717, 1.165) is 22.4 Å². The molecule has 0 aromatic heterocycles. The number of carbonyl (C=O) groups excluding carboxylic acids is 3. The van der Waals surface area contributed by atoms with Crippen molar-refractivity contribution in [3.63, 3.8) is 0 Å². The Morgan fingerprint density at radius 3 is 2.24 bits per heavy atom. The summed E-state index contributed by atoms with van der Waals surface area (Å²) in [5, 5.41) is 5.80. The summed E-state index contributed by atoms with van der Waals surface area (Å²) < 4.78 is 15.8. The lowest BCUT2D eigenvalue weighted by Gasteiger charge is -2.18. The molecule has 0 spiro atoms. The second kappa shape index (κ2) is 17.2. The highest BCUT2D eigenvalue weighted by molar-refractivity contribution is 5.95. The van der Waals surface area contributed by atoms with E-state index in [-0.39, 0.29) is 17.8 Å². The average molecular weight is 559 g/mol. The number of nitrogens with one attached hydrogen (secondary N) is 2. The number of carbonyl (C=O) groups is 3. The number of benzene rings is 3. The molecule has 0 radical (unpaired) electrons. The molecule has 3 aromatic rings. The van der Waals surface area contributed by atoms with Crippen molar-refractivity contribution in [1.29, 1.82) is 0 Å². The molecule has 8 heteroatoms. The molecule has 216 valence electrons. The Balaban J connectivity index is 1.58. The highest BCUT2D eigenvalue weighted by Crippen LogP contribution is 2.15. The van der Waals surface area contributed by atoms with Gasteiger partial charge in [0.15, 0.2) is 0 Å². The SMILES string of the molecule is CCOC(=O)CCCOc1ccc(C[C@H](NC(=O)C=Cc2ccccc2)C(=O)NCCc2ccc(OC)cc2)cc1. The minimum atomic E-state index is -0.768. The lowest BCUT2D eigenvalue weighted by atomic mass is 10.0. The summed E-state index contributed by atoms with van der Waals surface area (Å²) in [7, 11) is 1.62. The molecule has 2 amide bonds. The van der Waals surface area contributed by atoms with Gasteiger partial charge in [0.2, 0.25) is 11.8 Å². The van der Waals surface area contributed by atoms with E-state index >= 15 is 0 Å². The summed E-state index contributed by atoms with van der Waals surface area (Å²) in [6.07, 6.45) is 4.96. The van der Waals surface area contributed by atoms with E-state index in [2.05, 4.69) is 10.6 Å². The second-order valence-corrected chi connectivity index (χ2v) is 9.30. The minimum Gasteiger partial charge on any atom is -0.497 e. The van der Waals surface area contributed by atoms with Crippen LogP contribution in [0.15, 0.2) is 84.9 Å². The average Bonchev–Trinajstić information content (AvgIpc) is 2.99. The van der Waals surface area contributed by atoms with Crippen molar-refractivity contribution >= 4 is 23.9 Å². The zero-order chi connectivity index (χ0) is 29.3. The Hall–Kier alpha value is -4.59. The van der Waals surface area contributed by atoms with Crippen LogP contribution in [0.1, 0.15) is 36.5 Å². The predicted octanol–water partition coefficient (Wildman–Crippen LogP) is 4.52. The molecule has 0 aliphatic carbocycles. The standard InChI is InChI=1S/C33H38N2O6/c1-3-40-32(37)10-7-23-41-29-18-13-27(14-19-29)24-30(35-31(36)20-15-25-8-5-4-6-9-25)33(38)34-22-21-26-11-16-28(39-2)17-12-26/h4-6,8-9,11-20,30H,3,7,10,21-24H2,1-2H3,(H,34,38)(H,35,36)/t30-/m0/s1. The van der Waals surface area contributed by atoms with Crippen LogP contribution in [0.4, 0.5) is 0 Å². The highest BCUT2D eigenvalue weighted by atomic mass is 16.5. The molecule has 3 rings (SSSR count). The van der Waals surface area contributed by atoms with Crippen LogP contribution in [0.2, 0.25) is 0 Å². The van der Waals surface area contributed by atoms with Gasteiger partial charge in [0, 0.05) is 25.5 Å². The fourth-order valence-electron chi connectivity index (χ4n) is 4.01. The van der Waals surface area contributed by atoms with Crippen molar-refractivity contribution < 1.29 is 28.6 Å². The van der Waals surface area contributed by atoms with Crippen LogP contribution in [0.25, 0.3) is 6.08 Å². The fraction of sp³-hybridized carbons (Fsp3) is 0.303. The van der Waals surface area contributed by atoms with Gasteiger partial charge in [-0.1, -0.05) is 54.6 Å². The first-order valence-electron chi connectivity index (χ1n) is 13.8. The first kappa shape index (κ1) is 30.9. The Kier molecular flexibility index (Phi) is 13.0. The van der Waals surface area contributed by atoms with E-state index in [1.807, 2.05) is 78.9 Å². The van der Waals surface area contributed by atoms with Crippen molar-refractivity contribution in [2.45, 2.75) is 38.6 Å². The van der Waals surface area contributed by atoms with Crippen molar-refractivity contribution in [3.05, 3.63) is 102 Å². The molecule has 0 saturated heterocycles. The molecule has 0 saturated carbocycles. The molecule has 41 heavy (non-hydrogen) atoms. The number of rotatable bonds is 16. The smallest absolute Gasteiger partial charge is 0.305 e. The summed E-state index contributed by atoms with van der Waals surface area (Å²) in [5.41, 5.74) is 2.82. The molecule has 0 heterocycles. The number of ether oxygens (including phenoxy) is 3. The van der Waals surface area contributed by atoms with E-state index < -0.39 is 6.04 Å². The van der Waals surface area contributed by atoms with E-state index in [9.17, 15) is 14.4 Å². The monoisotopic (exact) mass is 558 g/mol. The molecule has 0 aliphatic heterocycles. The molecule has 0 unspecified atom stereocenters. The molecule has 2 N–H and O–H groups in total. The lowest BCUT2D eigenvalue weighted by Crippen LogP contribution is -2.48. The van der Waals surface area contributed by atoms with Crippen LogP contribution >= 0.6 is 0 Å². The van der Waals surface area contributed by atoms with Crippen LogP contribution in [0.5, 0.6) is 11.5 Å². The van der Waals surface area contributed by atoms with E-state index in [4.69, 9.17) is 14.2 Å². The molecule has 3 aromatic carbocycles. The maximum atomic E-state index is 13.2. The summed E-state index contributed by atoms with van der Waals surface area (Å²) >= 11 is 0. The van der Waals surface area contributed by atoms with Crippen molar-refractivity contribution in [2.75, 3.05) is 26.9 Å². The zero-order valence-electron chi connectivity index (χ0n) is 23.6. The van der Waals surface area contributed by atoms with Gasteiger partial charge in [0.25, 0.3) is 0 Å². The van der Waals surface area contributed by atoms with Crippen LogP contribution in [0.3, 0.4) is 0 Å². The Bertz CT molecular complexity index is 1260. The lowest BCUT2D eigenvalue weighted by molar-refractivity contribution is -0.143. The highest BCUT2D eigenvalue weighted by Gasteiger charge is 2.20. The van der Waals surface area contributed by atoms with Gasteiger partial charge in [0.1, 0.15) is 17.5 Å². The van der Waals surface area contributed by atoms with Gasteiger partial charge in [-0.3, -0.25) is 14.4 Å². The van der Waals surface area contributed by atoms with Crippen molar-refractivity contribution in [3.8, 4) is 11.5 Å². The van der Waals surface area contributed by atoms with Crippen LogP contribution < -0.4 is 20.1 Å². The van der Waals surface area contributed by atoms with Gasteiger partial charge in [-0.15, -0.1) is 0 Å². The third-order valence-electron chi connectivity index (χ3n) is 6.19. The molecule has 0 aliphatic rings. The van der Waals surface area contributed by atoms with E-state index in [1.54, 1.807) is 20.1 Å². The number of methoxy groups -OCH3 is 1. The first-order valence-corrected chi connectivity index (χ1v) is 13.8. The molecule has 8 nitrogen and oxygen atoms in total. The fourth-order valence-corrected chi connectivity index (χ4v) is 4.01. The number of esters is 1. The summed E-state index contributed by atoms with van der Waals surface area (Å²) in [6, 6.07) is 23.8. The quantitative estimate of drug-likeness (QED) is 0.152. The Labute approximate surface area is 241 Å². The van der Waals surface area contributed by atoms with Gasteiger partial charge in [-0.2, -0.15) is 0 Å². The predicted molar refractivity (Wildman–Crippen MR) is 159 cm³/mol.